The van der Waals surface area contributed by atoms with Gasteiger partial charge in [-0.1, -0.05) is 0 Å². The van der Waals surface area contributed by atoms with E-state index in [2.05, 4.69) is 16.0 Å². The minimum atomic E-state index is -1.49. The highest BCUT2D eigenvalue weighted by Crippen LogP contribution is 2.01. The van der Waals surface area contributed by atoms with Gasteiger partial charge >= 0.3 is 11.9 Å². The molecule has 4 amide bonds. The van der Waals surface area contributed by atoms with E-state index in [1.54, 1.807) is 6.26 Å². The molecule has 0 aliphatic carbocycles. The molecule has 0 aromatic heterocycles. The maximum absolute atomic E-state index is 12.2. The Kier molecular flexibility index (Phi) is 12.0. The molecule has 0 aliphatic heterocycles. The molecule has 0 saturated carbocycles. The predicted octanol–water partition coefficient (Wildman–Crippen LogP) is -3.41. The lowest BCUT2D eigenvalue weighted by Gasteiger charge is -2.19. The number of carboxylic acids is 2. The number of carboxylic acid groups (broad SMARTS) is 2. The molecule has 0 heterocycles. The van der Waals surface area contributed by atoms with Gasteiger partial charge in [0.2, 0.25) is 23.6 Å². The van der Waals surface area contributed by atoms with Crippen molar-refractivity contribution < 1.29 is 39.0 Å². The Morgan fingerprint density at radius 2 is 1.59 bits per heavy atom. The first-order valence-electron chi connectivity index (χ1n) is 8.32. The Labute approximate surface area is 170 Å². The largest absolute Gasteiger partial charge is 0.481 e. The fraction of sp³-hybridized carbons (Fsp3) is 0.600. The standard InChI is InChI=1S/C15H25N5O8S/c1-29-3-2-8(15(27)28)19-11(22)6-18-14(26)9(5-10(17)21)20-13(25)7(16)4-12(23)24/h7-9H,2-6,16H2,1H3,(H2,17,21)(H,18,26)(H,19,22)(H,20,25)(H,23,24)(H,27,28). The van der Waals surface area contributed by atoms with Crippen LogP contribution in [-0.4, -0.2) is 82.5 Å². The number of amides is 4. The van der Waals surface area contributed by atoms with E-state index >= 15 is 0 Å². The van der Waals surface area contributed by atoms with Gasteiger partial charge in [-0.3, -0.25) is 24.0 Å². The van der Waals surface area contributed by atoms with Crippen LogP contribution in [-0.2, 0) is 28.8 Å². The van der Waals surface area contributed by atoms with Crippen molar-refractivity contribution in [2.75, 3.05) is 18.6 Å². The molecule has 0 rings (SSSR count). The molecule has 164 valence electrons. The first kappa shape index (κ1) is 26.1. The summed E-state index contributed by atoms with van der Waals surface area (Å²) in [5.41, 5.74) is 10.4. The third-order valence-corrected chi connectivity index (χ3v) is 4.08. The SMILES string of the molecule is CSCCC(NC(=O)CNC(=O)C(CC(N)=O)NC(=O)C(N)CC(=O)O)C(=O)O. The fourth-order valence-electron chi connectivity index (χ4n) is 2.00. The number of carbonyl (C=O) groups is 6. The van der Waals surface area contributed by atoms with Gasteiger partial charge in [-0.05, 0) is 18.4 Å². The molecule has 13 nitrogen and oxygen atoms in total. The second-order valence-corrected chi connectivity index (χ2v) is 6.88. The minimum Gasteiger partial charge on any atom is -0.481 e. The van der Waals surface area contributed by atoms with E-state index in [9.17, 15) is 28.8 Å². The molecule has 29 heavy (non-hydrogen) atoms. The van der Waals surface area contributed by atoms with E-state index in [0.717, 1.165) is 0 Å². The summed E-state index contributed by atoms with van der Waals surface area (Å²) in [5, 5.41) is 24.2. The van der Waals surface area contributed by atoms with Crippen LogP contribution in [0.15, 0.2) is 0 Å². The van der Waals surface area contributed by atoms with Crippen LogP contribution in [0, 0.1) is 0 Å². The van der Waals surface area contributed by atoms with Crippen LogP contribution in [0.2, 0.25) is 0 Å². The zero-order valence-corrected chi connectivity index (χ0v) is 16.5. The number of primary amides is 1. The van der Waals surface area contributed by atoms with E-state index in [-0.39, 0.29) is 6.42 Å². The molecule has 3 unspecified atom stereocenters. The number of carbonyl (C=O) groups excluding carboxylic acids is 4. The summed E-state index contributed by atoms with van der Waals surface area (Å²) in [6.07, 6.45) is 0.630. The lowest BCUT2D eigenvalue weighted by Crippen LogP contribution is -2.54. The summed E-state index contributed by atoms with van der Waals surface area (Å²) < 4.78 is 0. The van der Waals surface area contributed by atoms with Crippen molar-refractivity contribution >= 4 is 47.3 Å². The monoisotopic (exact) mass is 435 g/mol. The molecule has 3 atom stereocenters. The topological polar surface area (TPSA) is 231 Å². The number of hydrogen-bond acceptors (Lipinski definition) is 8. The maximum Gasteiger partial charge on any atom is 0.326 e. The maximum atomic E-state index is 12.2. The Balaban J connectivity index is 4.82. The summed E-state index contributed by atoms with van der Waals surface area (Å²) in [6, 6.07) is -4.09. The van der Waals surface area contributed by atoms with E-state index in [1.165, 1.54) is 11.8 Å². The van der Waals surface area contributed by atoms with Gasteiger partial charge in [0.25, 0.3) is 0 Å². The second kappa shape index (κ2) is 13.3. The van der Waals surface area contributed by atoms with Gasteiger partial charge in [-0.15, -0.1) is 0 Å². The van der Waals surface area contributed by atoms with Gasteiger partial charge in [0.15, 0.2) is 0 Å². The van der Waals surface area contributed by atoms with Gasteiger partial charge in [0, 0.05) is 0 Å². The van der Waals surface area contributed by atoms with Gasteiger partial charge in [-0.25, -0.2) is 4.79 Å². The number of nitrogens with two attached hydrogens (primary N) is 2. The lowest BCUT2D eigenvalue weighted by atomic mass is 10.1. The number of thioether (sulfide) groups is 1. The second-order valence-electron chi connectivity index (χ2n) is 5.89. The number of rotatable bonds is 14. The minimum absolute atomic E-state index is 0.179. The summed E-state index contributed by atoms with van der Waals surface area (Å²) in [4.78, 5) is 68.7. The Hall–Kier alpha value is -2.87. The average Bonchev–Trinajstić information content (AvgIpc) is 2.61. The molecule has 0 bridgehead atoms. The van der Waals surface area contributed by atoms with Crippen LogP contribution in [0.3, 0.4) is 0 Å². The van der Waals surface area contributed by atoms with Crippen molar-refractivity contribution in [1.82, 2.24) is 16.0 Å². The van der Waals surface area contributed by atoms with E-state index in [4.69, 9.17) is 21.7 Å². The van der Waals surface area contributed by atoms with Gasteiger partial charge in [0.1, 0.15) is 12.1 Å². The number of aliphatic carboxylic acids is 2. The zero-order chi connectivity index (χ0) is 22.6. The third kappa shape index (κ3) is 11.5. The number of nitrogens with one attached hydrogen (secondary N) is 3. The number of hydrogen-bond donors (Lipinski definition) is 7. The molecule has 0 radical (unpaired) electrons. The summed E-state index contributed by atoms with van der Waals surface area (Å²) in [5.74, 6) is -5.76. The van der Waals surface area contributed by atoms with E-state index in [0.29, 0.717) is 5.75 Å². The van der Waals surface area contributed by atoms with Crippen LogP contribution >= 0.6 is 11.8 Å². The molecule has 14 heteroatoms. The van der Waals surface area contributed by atoms with Crippen LogP contribution in [0.25, 0.3) is 0 Å². The summed E-state index contributed by atoms with van der Waals surface area (Å²) in [7, 11) is 0. The van der Waals surface area contributed by atoms with E-state index < -0.39 is 73.1 Å². The first-order valence-corrected chi connectivity index (χ1v) is 9.72. The van der Waals surface area contributed by atoms with Crippen molar-refractivity contribution in [1.29, 1.82) is 0 Å². The Morgan fingerprint density at radius 3 is 2.07 bits per heavy atom. The Morgan fingerprint density at radius 1 is 0.966 bits per heavy atom. The van der Waals surface area contributed by atoms with Crippen LogP contribution in [0.1, 0.15) is 19.3 Å². The molecule has 0 fully saturated rings. The van der Waals surface area contributed by atoms with Gasteiger partial charge in [0.05, 0.1) is 25.4 Å². The van der Waals surface area contributed by atoms with Crippen LogP contribution in [0.5, 0.6) is 0 Å². The highest BCUT2D eigenvalue weighted by Gasteiger charge is 2.27. The molecular weight excluding hydrogens is 410 g/mol. The lowest BCUT2D eigenvalue weighted by molar-refractivity contribution is -0.141. The molecule has 0 saturated heterocycles. The first-order chi connectivity index (χ1) is 13.5. The van der Waals surface area contributed by atoms with Crippen LogP contribution in [0.4, 0.5) is 0 Å². The smallest absolute Gasteiger partial charge is 0.326 e. The zero-order valence-electron chi connectivity index (χ0n) is 15.7. The van der Waals surface area contributed by atoms with Crippen molar-refractivity contribution in [2.45, 2.75) is 37.4 Å². The molecule has 0 aromatic rings. The van der Waals surface area contributed by atoms with Crippen molar-refractivity contribution in [2.24, 2.45) is 11.5 Å². The highest BCUT2D eigenvalue weighted by molar-refractivity contribution is 7.98. The third-order valence-electron chi connectivity index (χ3n) is 3.44. The fourth-order valence-corrected chi connectivity index (χ4v) is 2.47. The van der Waals surface area contributed by atoms with Gasteiger partial charge in [-0.2, -0.15) is 11.8 Å². The van der Waals surface area contributed by atoms with E-state index in [1.807, 2.05) is 0 Å². The molecular formula is C15H25N5O8S. The van der Waals surface area contributed by atoms with Crippen LogP contribution < -0.4 is 27.4 Å². The van der Waals surface area contributed by atoms with Gasteiger partial charge < -0.3 is 37.6 Å². The van der Waals surface area contributed by atoms with Crippen molar-refractivity contribution in [3.8, 4) is 0 Å². The molecule has 0 aliphatic rings. The average molecular weight is 435 g/mol. The normalized spacial score (nSPS) is 13.4. The summed E-state index contributed by atoms with van der Waals surface area (Å²) in [6.45, 7) is -0.617. The predicted molar refractivity (Wildman–Crippen MR) is 102 cm³/mol. The molecule has 0 spiro atoms. The quantitative estimate of drug-likeness (QED) is 0.143. The molecule has 0 aromatic carbocycles. The Bertz CT molecular complexity index is 644. The summed E-state index contributed by atoms with van der Waals surface area (Å²) >= 11 is 1.40. The highest BCUT2D eigenvalue weighted by atomic mass is 32.2. The van der Waals surface area contributed by atoms with Crippen molar-refractivity contribution in [3.63, 3.8) is 0 Å². The molecule has 9 N–H and O–H groups in total. The van der Waals surface area contributed by atoms with Crippen molar-refractivity contribution in [3.05, 3.63) is 0 Å².